The summed E-state index contributed by atoms with van der Waals surface area (Å²) < 4.78 is 35.8. The van der Waals surface area contributed by atoms with Crippen LogP contribution < -0.4 is 15.0 Å². The van der Waals surface area contributed by atoms with Gasteiger partial charge in [-0.1, -0.05) is 54.6 Å². The Hall–Kier alpha value is -4.57. The number of aromatic amines is 1. The van der Waals surface area contributed by atoms with Crippen LogP contribution >= 0.6 is 0 Å². The first-order valence-electron chi connectivity index (χ1n) is 13.4. The molecule has 1 saturated carbocycles. The van der Waals surface area contributed by atoms with E-state index < -0.39 is 18.3 Å². The molecule has 3 aromatic carbocycles. The Balaban J connectivity index is 1.10. The zero-order valence-electron chi connectivity index (χ0n) is 21.8. The van der Waals surface area contributed by atoms with Crippen LogP contribution in [0, 0.1) is 0 Å². The van der Waals surface area contributed by atoms with Crippen molar-refractivity contribution in [1.82, 2.24) is 14.9 Å². The van der Waals surface area contributed by atoms with Gasteiger partial charge in [-0.3, -0.25) is 9.59 Å². The van der Waals surface area contributed by atoms with Crippen molar-refractivity contribution < 1.29 is 28.2 Å². The number of carbonyl (C=O) groups excluding carboxylic acids is 1. The third-order valence-electron chi connectivity index (χ3n) is 8.08. The van der Waals surface area contributed by atoms with E-state index in [1.165, 1.54) is 17.0 Å². The Bertz CT molecular complexity index is 1740. The molecule has 3 aliphatic rings. The zero-order valence-corrected chi connectivity index (χ0v) is 21.8. The van der Waals surface area contributed by atoms with Crippen LogP contribution in [0.2, 0.25) is 0 Å². The second kappa shape index (κ2) is 9.24. The van der Waals surface area contributed by atoms with Crippen LogP contribution in [0.1, 0.15) is 47.2 Å². The van der Waals surface area contributed by atoms with Crippen molar-refractivity contribution >= 4 is 5.91 Å². The number of H-pyrrole nitrogens is 1. The average molecular weight is 558 g/mol. The topological polar surface area (TPSA) is 105 Å². The maximum absolute atomic E-state index is 13.4. The molecule has 1 fully saturated rings. The van der Waals surface area contributed by atoms with Crippen molar-refractivity contribution in [2.24, 2.45) is 0 Å². The molecule has 1 aromatic heterocycles. The summed E-state index contributed by atoms with van der Waals surface area (Å²) in [6, 6.07) is 21.0. The Morgan fingerprint density at radius 3 is 2.51 bits per heavy atom. The quantitative estimate of drug-likeness (QED) is 0.376. The molecule has 8 nitrogen and oxygen atoms in total. The summed E-state index contributed by atoms with van der Waals surface area (Å²) in [5.41, 5.74) is 3.17. The van der Waals surface area contributed by atoms with Gasteiger partial charge in [-0.25, -0.2) is 4.98 Å². The summed E-state index contributed by atoms with van der Waals surface area (Å²) in [5, 5.41) is 11.0. The number of nitrogens with zero attached hydrogens (tertiary/aromatic N) is 2. The Morgan fingerprint density at radius 2 is 1.73 bits per heavy atom. The molecule has 4 aromatic rings. The molecule has 2 aliphatic heterocycles. The SMILES string of the molecule is O=C([C@H](O)c1cccc(-c2ccc3c(c2)OC(F)(F)O3)c1)N1CCc2nc(C3(c4ccccc4)CC3)[nH]c(=O)c2C1. The number of hydrogen-bond acceptors (Lipinski definition) is 6. The minimum atomic E-state index is -3.72. The van der Waals surface area contributed by atoms with Crippen LogP contribution in [-0.4, -0.2) is 38.7 Å². The van der Waals surface area contributed by atoms with Gasteiger partial charge in [0.15, 0.2) is 17.6 Å². The van der Waals surface area contributed by atoms with E-state index in [1.54, 1.807) is 30.3 Å². The molecule has 41 heavy (non-hydrogen) atoms. The second-order valence-corrected chi connectivity index (χ2v) is 10.7. The van der Waals surface area contributed by atoms with Crippen LogP contribution in [0.25, 0.3) is 11.1 Å². The lowest BCUT2D eigenvalue weighted by Gasteiger charge is -2.30. The minimum absolute atomic E-state index is 0.0439. The van der Waals surface area contributed by atoms with Crippen LogP contribution in [0.5, 0.6) is 11.5 Å². The average Bonchev–Trinajstić information content (AvgIpc) is 3.73. The number of carbonyl (C=O) groups is 1. The second-order valence-electron chi connectivity index (χ2n) is 10.7. The molecule has 0 spiro atoms. The molecule has 1 amide bonds. The Kier molecular flexibility index (Phi) is 5.72. The maximum Gasteiger partial charge on any atom is 0.586 e. The first-order chi connectivity index (χ1) is 19.7. The summed E-state index contributed by atoms with van der Waals surface area (Å²) in [4.78, 5) is 35.8. The van der Waals surface area contributed by atoms with Crippen molar-refractivity contribution in [3.05, 3.63) is 111 Å². The van der Waals surface area contributed by atoms with Crippen molar-refractivity contribution in [2.75, 3.05) is 6.54 Å². The molecule has 208 valence electrons. The Morgan fingerprint density at radius 1 is 0.976 bits per heavy atom. The molecule has 1 atom stereocenters. The number of aliphatic hydroxyl groups is 1. The van der Waals surface area contributed by atoms with E-state index in [9.17, 15) is 23.5 Å². The van der Waals surface area contributed by atoms with Crippen LogP contribution in [0.15, 0.2) is 77.6 Å². The lowest BCUT2D eigenvalue weighted by Crippen LogP contribution is -2.42. The highest BCUT2D eigenvalue weighted by molar-refractivity contribution is 5.83. The number of amides is 1. The molecule has 2 N–H and O–H groups in total. The molecule has 10 heteroatoms. The highest BCUT2D eigenvalue weighted by Gasteiger charge is 2.49. The van der Waals surface area contributed by atoms with Gasteiger partial charge in [-0.15, -0.1) is 8.78 Å². The Labute approximate surface area is 233 Å². The number of hydrogen-bond donors (Lipinski definition) is 2. The molecular weight excluding hydrogens is 532 g/mol. The number of ether oxygens (including phenoxy) is 2. The van der Waals surface area contributed by atoms with E-state index in [0.717, 1.165) is 18.4 Å². The molecule has 0 unspecified atom stereocenters. The lowest BCUT2D eigenvalue weighted by atomic mass is 9.94. The highest BCUT2D eigenvalue weighted by Crippen LogP contribution is 2.52. The normalized spacial score (nSPS) is 18.5. The number of rotatable bonds is 5. The van der Waals surface area contributed by atoms with E-state index in [2.05, 4.69) is 14.5 Å². The van der Waals surface area contributed by atoms with Gasteiger partial charge in [0.25, 0.3) is 11.5 Å². The zero-order chi connectivity index (χ0) is 28.4. The van der Waals surface area contributed by atoms with Gasteiger partial charge in [-0.2, -0.15) is 0 Å². The summed E-state index contributed by atoms with van der Waals surface area (Å²) in [7, 11) is 0. The van der Waals surface area contributed by atoms with Crippen molar-refractivity contribution in [3.8, 4) is 22.6 Å². The first kappa shape index (κ1) is 25.4. The fourth-order valence-electron chi connectivity index (χ4n) is 5.72. The summed E-state index contributed by atoms with van der Waals surface area (Å²) >= 11 is 0. The van der Waals surface area contributed by atoms with Gasteiger partial charge in [0.1, 0.15) is 5.82 Å². The number of aromatic nitrogens is 2. The van der Waals surface area contributed by atoms with Gasteiger partial charge < -0.3 is 24.5 Å². The molecular formula is C31H25F2N3O5. The molecule has 7 rings (SSSR count). The van der Waals surface area contributed by atoms with Gasteiger partial charge in [-0.05, 0) is 53.3 Å². The van der Waals surface area contributed by atoms with Crippen LogP contribution in [0.3, 0.4) is 0 Å². The predicted octanol–water partition coefficient (Wildman–Crippen LogP) is 4.46. The lowest BCUT2D eigenvalue weighted by molar-refractivity contribution is -0.286. The summed E-state index contributed by atoms with van der Waals surface area (Å²) in [5.74, 6) is -0.0415. The van der Waals surface area contributed by atoms with Crippen molar-refractivity contribution in [1.29, 1.82) is 0 Å². The van der Waals surface area contributed by atoms with Gasteiger partial charge in [0, 0.05) is 13.0 Å². The standard InChI is InChI=1S/C31H25F2N3O5/c32-31(33)40-24-10-9-19(16-25(24)41-31)18-5-4-6-20(15-18)26(37)28(39)36-14-11-23-22(17-36)27(38)35-29(34-23)30(12-13-30)21-7-2-1-3-8-21/h1-10,15-16,26,37H,11-14,17H2,(H,34,35,38)/t26-/m1/s1. The molecule has 0 saturated heterocycles. The smallest absolute Gasteiger partial charge is 0.395 e. The van der Waals surface area contributed by atoms with Crippen LogP contribution in [-0.2, 0) is 23.2 Å². The fourth-order valence-corrected chi connectivity index (χ4v) is 5.72. The molecule has 0 bridgehead atoms. The number of benzene rings is 3. The number of fused-ring (bicyclic) bond motifs is 2. The van der Waals surface area contributed by atoms with Gasteiger partial charge in [0.2, 0.25) is 0 Å². The van der Waals surface area contributed by atoms with E-state index in [1.807, 2.05) is 30.3 Å². The first-order valence-corrected chi connectivity index (χ1v) is 13.4. The number of halogens is 2. The van der Waals surface area contributed by atoms with Crippen molar-refractivity contribution in [3.63, 3.8) is 0 Å². The van der Waals surface area contributed by atoms with E-state index in [4.69, 9.17) is 4.98 Å². The largest absolute Gasteiger partial charge is 0.586 e. The number of alkyl halides is 2. The predicted molar refractivity (Wildman–Crippen MR) is 143 cm³/mol. The van der Waals surface area contributed by atoms with E-state index >= 15 is 0 Å². The molecule has 3 heterocycles. The summed E-state index contributed by atoms with van der Waals surface area (Å²) in [6.45, 7) is 0.357. The summed E-state index contributed by atoms with van der Waals surface area (Å²) in [6.07, 6.45) is -2.98. The van der Waals surface area contributed by atoms with Crippen LogP contribution in [0.4, 0.5) is 8.78 Å². The minimum Gasteiger partial charge on any atom is -0.395 e. The van der Waals surface area contributed by atoms with Crippen molar-refractivity contribution in [2.45, 2.75) is 43.6 Å². The van der Waals surface area contributed by atoms with Gasteiger partial charge >= 0.3 is 6.29 Å². The van der Waals surface area contributed by atoms with E-state index in [-0.39, 0.29) is 29.0 Å². The monoisotopic (exact) mass is 557 g/mol. The van der Waals surface area contributed by atoms with E-state index in [0.29, 0.717) is 46.7 Å². The molecule has 1 aliphatic carbocycles. The highest BCUT2D eigenvalue weighted by atomic mass is 19.3. The molecule has 0 radical (unpaired) electrons. The van der Waals surface area contributed by atoms with Gasteiger partial charge in [0.05, 0.1) is 23.2 Å². The number of nitrogens with one attached hydrogen (secondary N) is 1. The third kappa shape index (κ3) is 4.44. The fraction of sp³-hybridized carbons (Fsp3) is 0.258. The maximum atomic E-state index is 13.4. The number of aliphatic hydroxyl groups excluding tert-OH is 1. The third-order valence-corrected chi connectivity index (χ3v) is 8.08.